The maximum atomic E-state index is 12.9. The summed E-state index contributed by atoms with van der Waals surface area (Å²) >= 11 is 0. The maximum Gasteiger partial charge on any atom is 0.255 e. The van der Waals surface area contributed by atoms with E-state index in [-0.39, 0.29) is 18.5 Å². The first-order chi connectivity index (χ1) is 16.6. The summed E-state index contributed by atoms with van der Waals surface area (Å²) in [5.41, 5.74) is 3.52. The van der Waals surface area contributed by atoms with Crippen LogP contribution in [-0.2, 0) is 16.6 Å². The summed E-state index contributed by atoms with van der Waals surface area (Å²) in [5, 5.41) is 5.69. The summed E-state index contributed by atoms with van der Waals surface area (Å²) in [5.74, 6) is -0.657. The highest BCUT2D eigenvalue weighted by molar-refractivity contribution is 7.92. The Morgan fingerprint density at radius 1 is 0.914 bits per heavy atom. The smallest absolute Gasteiger partial charge is 0.255 e. The highest BCUT2D eigenvalue weighted by Crippen LogP contribution is 2.23. The molecule has 3 aromatic rings. The summed E-state index contributed by atoms with van der Waals surface area (Å²) in [7, 11) is -3.55. The van der Waals surface area contributed by atoms with Gasteiger partial charge in [-0.1, -0.05) is 48.9 Å². The van der Waals surface area contributed by atoms with Crippen molar-refractivity contribution >= 4 is 33.2 Å². The second kappa shape index (κ2) is 11.2. The average molecular weight is 494 g/mol. The quantitative estimate of drug-likeness (QED) is 0.450. The van der Waals surface area contributed by atoms with Crippen LogP contribution in [0.2, 0.25) is 0 Å². The number of hydrogen-bond acceptors (Lipinski definition) is 4. The van der Waals surface area contributed by atoms with E-state index in [0.29, 0.717) is 22.5 Å². The van der Waals surface area contributed by atoms with Crippen molar-refractivity contribution in [1.29, 1.82) is 0 Å². The number of rotatable bonds is 9. The van der Waals surface area contributed by atoms with E-state index < -0.39 is 15.9 Å². The van der Waals surface area contributed by atoms with Crippen LogP contribution in [0.1, 0.15) is 52.1 Å². The molecular weight excluding hydrogens is 462 g/mol. The van der Waals surface area contributed by atoms with Crippen LogP contribution in [0, 0.1) is 6.92 Å². The van der Waals surface area contributed by atoms with Gasteiger partial charge in [0, 0.05) is 11.6 Å². The van der Waals surface area contributed by atoms with Gasteiger partial charge in [-0.25, -0.2) is 8.42 Å². The first kappa shape index (κ1) is 26.0. The predicted molar refractivity (Wildman–Crippen MR) is 140 cm³/mol. The normalized spacial score (nSPS) is 12.0. The highest BCUT2D eigenvalue weighted by Gasteiger charge is 2.19. The van der Waals surface area contributed by atoms with Gasteiger partial charge in [-0.2, -0.15) is 0 Å². The van der Waals surface area contributed by atoms with E-state index in [1.54, 1.807) is 48.5 Å². The number of nitrogens with zero attached hydrogens (tertiary/aromatic N) is 1. The van der Waals surface area contributed by atoms with Crippen LogP contribution in [0.3, 0.4) is 0 Å². The fraction of sp³-hybridized carbons (Fsp3) is 0.259. The van der Waals surface area contributed by atoms with Gasteiger partial charge in [-0.3, -0.25) is 13.9 Å². The van der Waals surface area contributed by atoms with E-state index in [4.69, 9.17) is 0 Å². The lowest BCUT2D eigenvalue weighted by Gasteiger charge is -2.23. The fourth-order valence-electron chi connectivity index (χ4n) is 3.43. The molecule has 3 rings (SSSR count). The van der Waals surface area contributed by atoms with Crippen LogP contribution < -0.4 is 14.9 Å². The molecule has 35 heavy (non-hydrogen) atoms. The van der Waals surface area contributed by atoms with Crippen LogP contribution >= 0.6 is 0 Å². The maximum absolute atomic E-state index is 12.9. The summed E-state index contributed by atoms with van der Waals surface area (Å²) in [6.07, 6.45) is 1.95. The van der Waals surface area contributed by atoms with Gasteiger partial charge in [-0.15, -0.1) is 0 Å². The minimum Gasteiger partial charge on any atom is -0.350 e. The average Bonchev–Trinajstić information content (AvgIpc) is 2.83. The molecule has 2 N–H and O–H groups in total. The Labute approximate surface area is 207 Å². The first-order valence-corrected chi connectivity index (χ1v) is 13.3. The number of aryl methyl sites for hydroxylation is 1. The Balaban J connectivity index is 1.79. The van der Waals surface area contributed by atoms with Gasteiger partial charge < -0.3 is 10.6 Å². The summed E-state index contributed by atoms with van der Waals surface area (Å²) in [6, 6.07) is 20.8. The van der Waals surface area contributed by atoms with E-state index in [0.717, 1.165) is 23.8 Å². The molecule has 0 radical (unpaired) electrons. The molecule has 0 saturated carbocycles. The van der Waals surface area contributed by atoms with Crippen molar-refractivity contribution in [3.63, 3.8) is 0 Å². The molecule has 0 aliphatic rings. The van der Waals surface area contributed by atoms with Gasteiger partial charge in [-0.05, 0) is 62.2 Å². The number of para-hydroxylation sites is 1. The van der Waals surface area contributed by atoms with E-state index >= 15 is 0 Å². The number of amides is 2. The Morgan fingerprint density at radius 2 is 1.54 bits per heavy atom. The molecule has 0 fully saturated rings. The molecule has 7 nitrogen and oxygen atoms in total. The number of carbonyl (C=O) groups is 2. The van der Waals surface area contributed by atoms with Crippen molar-refractivity contribution in [2.45, 2.75) is 39.8 Å². The van der Waals surface area contributed by atoms with Crippen molar-refractivity contribution in [2.75, 3.05) is 15.9 Å². The molecule has 0 heterocycles. The molecule has 1 atom stereocenters. The number of carbonyl (C=O) groups excluding carboxylic acids is 2. The molecule has 0 aliphatic heterocycles. The first-order valence-electron chi connectivity index (χ1n) is 11.4. The van der Waals surface area contributed by atoms with Gasteiger partial charge in [0.15, 0.2) is 0 Å². The fourth-order valence-corrected chi connectivity index (χ4v) is 4.31. The summed E-state index contributed by atoms with van der Waals surface area (Å²) in [6.45, 7) is 6.05. The van der Waals surface area contributed by atoms with Crippen LogP contribution in [0.5, 0.6) is 0 Å². The predicted octanol–water partition coefficient (Wildman–Crippen LogP) is 4.74. The van der Waals surface area contributed by atoms with Gasteiger partial charge >= 0.3 is 0 Å². The van der Waals surface area contributed by atoms with Crippen molar-refractivity contribution in [1.82, 2.24) is 5.32 Å². The third-order valence-corrected chi connectivity index (χ3v) is 6.81. The van der Waals surface area contributed by atoms with Crippen LogP contribution in [0.4, 0.5) is 11.4 Å². The van der Waals surface area contributed by atoms with E-state index in [1.165, 1.54) is 4.31 Å². The van der Waals surface area contributed by atoms with Gasteiger partial charge in [0.1, 0.15) is 0 Å². The SMILES string of the molecule is CC[C@@H](C)NC(=O)c1ccccc1NC(=O)c1ccc(N(Cc2ccc(C)cc2)S(C)(=O)=O)cc1. The largest absolute Gasteiger partial charge is 0.350 e. The third kappa shape index (κ3) is 6.93. The molecule has 0 bridgehead atoms. The van der Waals surface area contributed by atoms with Crippen molar-refractivity contribution in [2.24, 2.45) is 0 Å². The number of benzene rings is 3. The molecule has 0 saturated heterocycles. The Kier molecular flexibility index (Phi) is 8.30. The number of hydrogen-bond donors (Lipinski definition) is 2. The lowest BCUT2D eigenvalue weighted by Crippen LogP contribution is -2.32. The zero-order valence-corrected chi connectivity index (χ0v) is 21.2. The Hall–Kier alpha value is -3.65. The molecule has 0 unspecified atom stereocenters. The monoisotopic (exact) mass is 493 g/mol. The topological polar surface area (TPSA) is 95.6 Å². The van der Waals surface area contributed by atoms with Crippen molar-refractivity contribution < 1.29 is 18.0 Å². The second-order valence-electron chi connectivity index (χ2n) is 8.58. The van der Waals surface area contributed by atoms with E-state index in [1.807, 2.05) is 45.0 Å². The Bertz CT molecular complexity index is 1290. The molecule has 0 aliphatic carbocycles. The van der Waals surface area contributed by atoms with Crippen LogP contribution in [0.25, 0.3) is 0 Å². The third-order valence-electron chi connectivity index (χ3n) is 5.67. The molecule has 0 spiro atoms. The molecule has 8 heteroatoms. The van der Waals surface area contributed by atoms with E-state index in [2.05, 4.69) is 10.6 Å². The number of anilines is 2. The van der Waals surface area contributed by atoms with Gasteiger partial charge in [0.2, 0.25) is 10.0 Å². The zero-order valence-electron chi connectivity index (χ0n) is 20.4. The lowest BCUT2D eigenvalue weighted by atomic mass is 10.1. The number of nitrogens with one attached hydrogen (secondary N) is 2. The molecule has 0 aromatic heterocycles. The zero-order chi connectivity index (χ0) is 25.6. The van der Waals surface area contributed by atoms with Gasteiger partial charge in [0.25, 0.3) is 11.8 Å². The molecule has 184 valence electrons. The van der Waals surface area contributed by atoms with Crippen LogP contribution in [0.15, 0.2) is 72.8 Å². The minimum absolute atomic E-state index is 0.0106. The molecule has 3 aromatic carbocycles. The molecule has 2 amide bonds. The standard InChI is InChI=1S/C27H31N3O4S/c1-5-20(3)28-27(32)24-8-6-7-9-25(24)29-26(31)22-14-16-23(17-15-22)30(35(4,33)34)18-21-12-10-19(2)11-13-21/h6-17,20H,5,18H2,1-4H3,(H,28,32)(H,29,31)/t20-/m1/s1. The summed E-state index contributed by atoms with van der Waals surface area (Å²) in [4.78, 5) is 25.5. The van der Waals surface area contributed by atoms with Crippen molar-refractivity contribution in [3.05, 3.63) is 95.1 Å². The number of sulfonamides is 1. The van der Waals surface area contributed by atoms with Crippen molar-refractivity contribution in [3.8, 4) is 0 Å². The van der Waals surface area contributed by atoms with E-state index in [9.17, 15) is 18.0 Å². The lowest BCUT2D eigenvalue weighted by molar-refractivity contribution is 0.0940. The molecular formula is C27H31N3O4S. The van der Waals surface area contributed by atoms with Gasteiger partial charge in [0.05, 0.1) is 29.7 Å². The second-order valence-corrected chi connectivity index (χ2v) is 10.5. The highest BCUT2D eigenvalue weighted by atomic mass is 32.2. The minimum atomic E-state index is -3.55. The van der Waals surface area contributed by atoms with Crippen LogP contribution in [-0.4, -0.2) is 32.5 Å². The Morgan fingerprint density at radius 3 is 2.14 bits per heavy atom. The summed E-state index contributed by atoms with van der Waals surface area (Å²) < 4.78 is 26.2.